The Hall–Kier alpha value is -0.730. The van der Waals surface area contributed by atoms with Crippen LogP contribution in [0, 0.1) is 5.92 Å². The maximum Gasteiger partial charge on any atom is 0.121 e. The molecule has 1 aliphatic rings. The van der Waals surface area contributed by atoms with Crippen molar-refractivity contribution in [1.29, 1.82) is 0 Å². The molecule has 2 rings (SSSR count). The Bertz CT molecular complexity index is 449. The molecule has 1 aliphatic carbocycles. The topological polar surface area (TPSA) is 21.3 Å². The van der Waals surface area contributed by atoms with Crippen molar-refractivity contribution < 1.29 is 4.74 Å². The summed E-state index contributed by atoms with van der Waals surface area (Å²) in [5.74, 6) is 1.61. The highest BCUT2D eigenvalue weighted by molar-refractivity contribution is 6.31. The number of halogens is 1. The molecule has 0 saturated heterocycles. The molecule has 118 valence electrons. The zero-order chi connectivity index (χ0) is 15.2. The summed E-state index contributed by atoms with van der Waals surface area (Å²) in [5, 5.41) is 4.19. The molecule has 1 aromatic carbocycles. The molecule has 3 unspecified atom stereocenters. The van der Waals surface area contributed by atoms with Gasteiger partial charge in [0.2, 0.25) is 0 Å². The molecule has 0 spiro atoms. The Labute approximate surface area is 134 Å². The summed E-state index contributed by atoms with van der Waals surface area (Å²) in [7, 11) is 0. The molecule has 0 heterocycles. The van der Waals surface area contributed by atoms with Crippen LogP contribution in [0.3, 0.4) is 0 Å². The molecule has 1 saturated carbocycles. The molecule has 0 bridgehead atoms. The third-order valence-corrected chi connectivity index (χ3v) is 4.93. The van der Waals surface area contributed by atoms with Gasteiger partial charge in [0.15, 0.2) is 0 Å². The van der Waals surface area contributed by atoms with E-state index in [0.29, 0.717) is 12.0 Å². The molecule has 1 N–H and O–H groups in total. The van der Waals surface area contributed by atoms with Crippen LogP contribution >= 0.6 is 11.6 Å². The molecule has 3 heteroatoms. The molecule has 0 radical (unpaired) electrons. The highest BCUT2D eigenvalue weighted by atomic mass is 35.5. The second kappa shape index (κ2) is 8.05. The van der Waals surface area contributed by atoms with Crippen molar-refractivity contribution in [3.05, 3.63) is 28.8 Å². The average molecular weight is 310 g/mol. The molecule has 3 atom stereocenters. The predicted octanol–water partition coefficient (Wildman–Crippen LogP) is 5.36. The monoisotopic (exact) mass is 309 g/mol. The second-order valence-electron chi connectivity index (χ2n) is 6.07. The lowest BCUT2D eigenvalue weighted by Gasteiger charge is -2.31. The lowest BCUT2D eigenvalue weighted by atomic mass is 9.85. The van der Waals surface area contributed by atoms with Crippen molar-refractivity contribution in [2.24, 2.45) is 5.92 Å². The van der Waals surface area contributed by atoms with Gasteiger partial charge in [-0.2, -0.15) is 0 Å². The van der Waals surface area contributed by atoms with Crippen LogP contribution in [-0.4, -0.2) is 12.6 Å². The molecular formula is C18H28ClNO. The van der Waals surface area contributed by atoms with Gasteiger partial charge in [-0.25, -0.2) is 0 Å². The van der Waals surface area contributed by atoms with Gasteiger partial charge in [0.05, 0.1) is 0 Å². The molecule has 0 aromatic heterocycles. The van der Waals surface area contributed by atoms with E-state index in [4.69, 9.17) is 16.3 Å². The van der Waals surface area contributed by atoms with Gasteiger partial charge in [-0.05, 0) is 62.8 Å². The number of rotatable bonds is 6. The molecule has 1 fully saturated rings. The standard InChI is InChI=1S/C18H28ClNO/c1-4-14-8-6-7-9-18(14)21-15-10-11-16(17(19)12-15)13(3)20-5-2/h10-14,18,20H,4-9H2,1-3H3. The largest absolute Gasteiger partial charge is 0.490 e. The van der Waals surface area contributed by atoms with Crippen LogP contribution < -0.4 is 10.1 Å². The lowest BCUT2D eigenvalue weighted by Crippen LogP contribution is -2.29. The zero-order valence-corrected chi connectivity index (χ0v) is 14.2. The van der Waals surface area contributed by atoms with Crippen molar-refractivity contribution in [2.75, 3.05) is 6.54 Å². The minimum atomic E-state index is 0.273. The first-order valence-electron chi connectivity index (χ1n) is 8.35. The van der Waals surface area contributed by atoms with Gasteiger partial charge in [-0.1, -0.05) is 37.9 Å². The third kappa shape index (κ3) is 4.37. The first-order chi connectivity index (χ1) is 10.2. The second-order valence-corrected chi connectivity index (χ2v) is 6.48. The number of nitrogens with one attached hydrogen (secondary N) is 1. The van der Waals surface area contributed by atoms with Crippen molar-refractivity contribution in [2.45, 2.75) is 65.0 Å². The van der Waals surface area contributed by atoms with Gasteiger partial charge < -0.3 is 10.1 Å². The highest BCUT2D eigenvalue weighted by Gasteiger charge is 2.25. The minimum absolute atomic E-state index is 0.273. The fraction of sp³-hybridized carbons (Fsp3) is 0.667. The van der Waals surface area contributed by atoms with Crippen LogP contribution in [0.25, 0.3) is 0 Å². The third-order valence-electron chi connectivity index (χ3n) is 4.60. The fourth-order valence-electron chi connectivity index (χ4n) is 3.32. The predicted molar refractivity (Wildman–Crippen MR) is 90.2 cm³/mol. The molecule has 0 aliphatic heterocycles. The van der Waals surface area contributed by atoms with Crippen LogP contribution in [0.15, 0.2) is 18.2 Å². The van der Waals surface area contributed by atoms with E-state index in [1.807, 2.05) is 6.07 Å². The first-order valence-corrected chi connectivity index (χ1v) is 8.73. The summed E-state index contributed by atoms with van der Waals surface area (Å²) in [4.78, 5) is 0. The van der Waals surface area contributed by atoms with Crippen LogP contribution in [0.1, 0.15) is 64.5 Å². The molecule has 1 aromatic rings. The van der Waals surface area contributed by atoms with Gasteiger partial charge in [0.25, 0.3) is 0 Å². The van der Waals surface area contributed by atoms with E-state index in [0.717, 1.165) is 22.9 Å². The van der Waals surface area contributed by atoms with Crippen molar-refractivity contribution in [3.63, 3.8) is 0 Å². The molecular weight excluding hydrogens is 282 g/mol. The molecule has 21 heavy (non-hydrogen) atoms. The van der Waals surface area contributed by atoms with E-state index in [1.165, 1.54) is 32.1 Å². The van der Waals surface area contributed by atoms with Crippen LogP contribution in [-0.2, 0) is 0 Å². The Morgan fingerprint density at radius 1 is 1.29 bits per heavy atom. The van der Waals surface area contributed by atoms with Crippen molar-refractivity contribution >= 4 is 11.6 Å². The van der Waals surface area contributed by atoms with E-state index in [9.17, 15) is 0 Å². The van der Waals surface area contributed by atoms with Gasteiger partial charge in [0.1, 0.15) is 11.9 Å². The highest BCUT2D eigenvalue weighted by Crippen LogP contribution is 2.33. The smallest absolute Gasteiger partial charge is 0.121 e. The number of ether oxygens (including phenoxy) is 1. The van der Waals surface area contributed by atoms with E-state index < -0.39 is 0 Å². The van der Waals surface area contributed by atoms with Gasteiger partial charge in [0, 0.05) is 11.1 Å². The van der Waals surface area contributed by atoms with Crippen molar-refractivity contribution in [3.8, 4) is 5.75 Å². The van der Waals surface area contributed by atoms with E-state index in [-0.39, 0.29) is 6.04 Å². The summed E-state index contributed by atoms with van der Waals surface area (Å²) in [6.45, 7) is 7.45. The number of benzene rings is 1. The number of hydrogen-bond donors (Lipinski definition) is 1. The fourth-order valence-corrected chi connectivity index (χ4v) is 3.65. The zero-order valence-electron chi connectivity index (χ0n) is 13.5. The quantitative estimate of drug-likeness (QED) is 0.764. The van der Waals surface area contributed by atoms with Gasteiger partial charge in [-0.3, -0.25) is 0 Å². The molecule has 2 nitrogen and oxygen atoms in total. The van der Waals surface area contributed by atoms with Gasteiger partial charge >= 0.3 is 0 Å². The maximum atomic E-state index is 6.43. The lowest BCUT2D eigenvalue weighted by molar-refractivity contribution is 0.0904. The van der Waals surface area contributed by atoms with E-state index in [1.54, 1.807) is 0 Å². The Morgan fingerprint density at radius 3 is 2.71 bits per heavy atom. The maximum absolute atomic E-state index is 6.43. The van der Waals surface area contributed by atoms with E-state index >= 15 is 0 Å². The Balaban J connectivity index is 2.05. The number of hydrogen-bond acceptors (Lipinski definition) is 2. The normalized spacial score (nSPS) is 23.8. The van der Waals surface area contributed by atoms with E-state index in [2.05, 4.69) is 38.2 Å². The van der Waals surface area contributed by atoms with Gasteiger partial charge in [-0.15, -0.1) is 0 Å². The summed E-state index contributed by atoms with van der Waals surface area (Å²) in [5.41, 5.74) is 1.14. The summed E-state index contributed by atoms with van der Waals surface area (Å²) in [6.07, 6.45) is 6.66. The van der Waals surface area contributed by atoms with Crippen molar-refractivity contribution in [1.82, 2.24) is 5.32 Å². The Morgan fingerprint density at radius 2 is 2.05 bits per heavy atom. The van der Waals surface area contributed by atoms with Crippen LogP contribution in [0.5, 0.6) is 5.75 Å². The first kappa shape index (κ1) is 16.6. The average Bonchev–Trinajstić information content (AvgIpc) is 2.48. The summed E-state index contributed by atoms with van der Waals surface area (Å²) < 4.78 is 6.23. The molecule has 0 amide bonds. The summed E-state index contributed by atoms with van der Waals surface area (Å²) >= 11 is 6.43. The van der Waals surface area contributed by atoms with Crippen LogP contribution in [0.2, 0.25) is 5.02 Å². The van der Waals surface area contributed by atoms with Crippen LogP contribution in [0.4, 0.5) is 0 Å². The summed E-state index contributed by atoms with van der Waals surface area (Å²) in [6, 6.07) is 6.41. The minimum Gasteiger partial charge on any atom is -0.490 e. The SMILES string of the molecule is CCNC(C)c1ccc(OC2CCCCC2CC)cc1Cl. The Kier molecular flexibility index (Phi) is 6.38.